The van der Waals surface area contributed by atoms with Crippen molar-refractivity contribution in [1.29, 1.82) is 0 Å². The zero-order valence-corrected chi connectivity index (χ0v) is 32.9. The third-order valence-electron chi connectivity index (χ3n) is 10.6. The Labute approximate surface area is 342 Å². The lowest BCUT2D eigenvalue weighted by atomic mass is 9.79. The monoisotopic (exact) mass is 806 g/mol. The van der Waals surface area contributed by atoms with Gasteiger partial charge in [0, 0.05) is 12.3 Å². The Bertz CT molecular complexity index is 2490. The quantitative estimate of drug-likeness (QED) is 0.0907. The number of hydrogen-bond donors (Lipinski definition) is 1. The maximum atomic E-state index is 13.7. The minimum Gasteiger partial charge on any atom is -0.358 e. The van der Waals surface area contributed by atoms with Gasteiger partial charge in [-0.2, -0.15) is 8.42 Å². The van der Waals surface area contributed by atoms with E-state index in [4.69, 9.17) is 18.4 Å². The topological polar surface area (TPSA) is 126 Å². The molecule has 59 heavy (non-hydrogen) atoms. The van der Waals surface area contributed by atoms with E-state index in [9.17, 15) is 18.0 Å². The fraction of sp³-hybridized carbons (Fsp3) is 0.167. The summed E-state index contributed by atoms with van der Waals surface area (Å²) in [4.78, 5) is 28.4. The van der Waals surface area contributed by atoms with Crippen LogP contribution in [0.2, 0.25) is 0 Å². The molecule has 0 aliphatic carbocycles. The molecular weight excluding hydrogens is 765 g/mol. The molecule has 1 aliphatic heterocycles. The molecule has 6 aromatic carbocycles. The Morgan fingerprint density at radius 3 is 1.29 bits per heavy atom. The molecule has 11 heteroatoms. The second kappa shape index (κ2) is 16.9. The van der Waals surface area contributed by atoms with Gasteiger partial charge in [0.25, 0.3) is 15.7 Å². The van der Waals surface area contributed by atoms with Crippen LogP contribution in [0.25, 0.3) is 0 Å². The highest BCUT2D eigenvalue weighted by Crippen LogP contribution is 2.47. The van der Waals surface area contributed by atoms with E-state index in [1.54, 1.807) is 0 Å². The highest BCUT2D eigenvalue weighted by atomic mass is 32.2. The van der Waals surface area contributed by atoms with E-state index in [-0.39, 0.29) is 6.61 Å². The molecule has 0 amide bonds. The second-order valence-electron chi connectivity index (χ2n) is 14.3. The molecule has 0 spiro atoms. The first-order valence-electron chi connectivity index (χ1n) is 19.2. The molecular formula is C48H42N2O8S. The fourth-order valence-corrected chi connectivity index (χ4v) is 8.68. The molecule has 10 nitrogen and oxygen atoms in total. The summed E-state index contributed by atoms with van der Waals surface area (Å²) in [6, 6.07) is 59.0. The van der Waals surface area contributed by atoms with Crippen LogP contribution < -0.4 is 11.2 Å². The standard InChI is InChI=1S/C48H42N2O8S/c1-59(53,54)58-43-41(34-55-47(35-20-8-2-9-21-35,36-22-10-3-11-23-36)37-24-12-4-13-25-37)56-45(50-33-32-42(51)49-46(50)52)44(43)57-48(38-26-14-5-15-27-38,39-28-16-6-17-29-39)40-30-18-7-19-31-40/h2-33,41,43-45H,34H2,1H3,(H,49,51,52). The van der Waals surface area contributed by atoms with Crippen molar-refractivity contribution in [3.8, 4) is 0 Å². The largest absolute Gasteiger partial charge is 0.358 e. The van der Waals surface area contributed by atoms with Gasteiger partial charge in [0.2, 0.25) is 0 Å². The summed E-state index contributed by atoms with van der Waals surface area (Å²) >= 11 is 0. The second-order valence-corrected chi connectivity index (χ2v) is 15.9. The summed E-state index contributed by atoms with van der Waals surface area (Å²) in [5.41, 5.74) is 0.586. The van der Waals surface area contributed by atoms with E-state index in [2.05, 4.69) is 4.98 Å². The smallest absolute Gasteiger partial charge is 0.330 e. The predicted octanol–water partition coefficient (Wildman–Crippen LogP) is 7.16. The normalized spacial score (nSPS) is 18.4. The van der Waals surface area contributed by atoms with Crippen molar-refractivity contribution in [2.45, 2.75) is 35.7 Å². The molecule has 1 N–H and O–H groups in total. The fourth-order valence-electron chi connectivity index (χ4n) is 8.04. The third-order valence-corrected chi connectivity index (χ3v) is 11.1. The number of ether oxygens (including phenoxy) is 3. The van der Waals surface area contributed by atoms with E-state index in [1.807, 2.05) is 182 Å². The molecule has 8 rings (SSSR count). The van der Waals surface area contributed by atoms with Gasteiger partial charge in [-0.25, -0.2) is 4.79 Å². The highest BCUT2D eigenvalue weighted by Gasteiger charge is 2.54. The van der Waals surface area contributed by atoms with Gasteiger partial charge in [-0.3, -0.25) is 18.5 Å². The summed E-state index contributed by atoms with van der Waals surface area (Å²) < 4.78 is 55.4. The van der Waals surface area contributed by atoms with Gasteiger partial charge in [-0.05, 0) is 33.4 Å². The molecule has 1 saturated heterocycles. The van der Waals surface area contributed by atoms with Crippen LogP contribution in [0.4, 0.5) is 0 Å². The van der Waals surface area contributed by atoms with Gasteiger partial charge in [-0.1, -0.05) is 182 Å². The molecule has 0 saturated carbocycles. The van der Waals surface area contributed by atoms with Gasteiger partial charge in [0.15, 0.2) is 6.23 Å². The van der Waals surface area contributed by atoms with Gasteiger partial charge in [-0.15, -0.1) is 0 Å². The number of aromatic amines is 1. The Morgan fingerprint density at radius 2 is 0.932 bits per heavy atom. The van der Waals surface area contributed by atoms with E-state index in [0.717, 1.165) is 39.6 Å². The first kappa shape index (κ1) is 39.6. The van der Waals surface area contributed by atoms with Crippen LogP contribution in [0.15, 0.2) is 204 Å². The molecule has 0 bridgehead atoms. The van der Waals surface area contributed by atoms with Crippen LogP contribution >= 0.6 is 0 Å². The van der Waals surface area contributed by atoms with Crippen LogP contribution in [0.1, 0.15) is 39.6 Å². The van der Waals surface area contributed by atoms with E-state index in [1.165, 1.54) is 16.8 Å². The van der Waals surface area contributed by atoms with Crippen molar-refractivity contribution in [2.75, 3.05) is 12.9 Å². The average molecular weight is 807 g/mol. The molecule has 0 radical (unpaired) electrons. The number of nitrogens with zero attached hydrogens (tertiary/aromatic N) is 1. The third kappa shape index (κ3) is 7.99. The first-order chi connectivity index (χ1) is 28.7. The first-order valence-corrected chi connectivity index (χ1v) is 21.0. The summed E-state index contributed by atoms with van der Waals surface area (Å²) in [5, 5.41) is 0. The Morgan fingerprint density at radius 1 is 0.559 bits per heavy atom. The summed E-state index contributed by atoms with van der Waals surface area (Å²) in [7, 11) is -4.22. The van der Waals surface area contributed by atoms with Gasteiger partial charge >= 0.3 is 5.69 Å². The number of benzene rings is 6. The zero-order valence-electron chi connectivity index (χ0n) is 32.1. The summed E-state index contributed by atoms with van der Waals surface area (Å²) in [5.74, 6) is 0. The van der Waals surface area contributed by atoms with E-state index >= 15 is 0 Å². The van der Waals surface area contributed by atoms with Crippen molar-refractivity contribution in [3.05, 3.63) is 248 Å². The van der Waals surface area contributed by atoms with Crippen molar-refractivity contribution < 1.29 is 26.8 Å². The predicted molar refractivity (Wildman–Crippen MR) is 224 cm³/mol. The maximum absolute atomic E-state index is 13.7. The lowest BCUT2D eigenvalue weighted by Crippen LogP contribution is -2.47. The molecule has 4 unspecified atom stereocenters. The average Bonchev–Trinajstić information content (AvgIpc) is 3.59. The van der Waals surface area contributed by atoms with Gasteiger partial charge in [0.05, 0.1) is 12.9 Å². The lowest BCUT2D eigenvalue weighted by molar-refractivity contribution is -0.123. The number of hydrogen-bond acceptors (Lipinski definition) is 8. The minimum absolute atomic E-state index is 0.234. The van der Waals surface area contributed by atoms with Crippen molar-refractivity contribution in [2.24, 2.45) is 0 Å². The summed E-state index contributed by atoms with van der Waals surface area (Å²) in [6.07, 6.45) is -2.92. The van der Waals surface area contributed by atoms with Crippen molar-refractivity contribution in [3.63, 3.8) is 0 Å². The van der Waals surface area contributed by atoms with Crippen molar-refractivity contribution >= 4 is 10.1 Å². The van der Waals surface area contributed by atoms with Crippen LogP contribution in [-0.2, 0) is 39.7 Å². The number of aromatic nitrogens is 2. The van der Waals surface area contributed by atoms with Gasteiger partial charge in [0.1, 0.15) is 29.5 Å². The SMILES string of the molecule is CS(=O)(=O)OC1C(COC(c2ccccc2)(c2ccccc2)c2ccccc2)OC(n2ccc(=O)[nH]c2=O)C1OC(c1ccccc1)(c1ccccc1)c1ccccc1. The molecule has 7 aromatic rings. The van der Waals surface area contributed by atoms with Crippen molar-refractivity contribution in [1.82, 2.24) is 9.55 Å². The lowest BCUT2D eigenvalue weighted by Gasteiger charge is -2.40. The van der Waals surface area contributed by atoms with E-state index < -0.39 is 57.1 Å². The van der Waals surface area contributed by atoms with Crippen LogP contribution in [0.3, 0.4) is 0 Å². The number of nitrogens with one attached hydrogen (secondary N) is 1. The molecule has 2 heterocycles. The molecule has 298 valence electrons. The Balaban J connectivity index is 1.33. The highest BCUT2D eigenvalue weighted by molar-refractivity contribution is 7.86. The number of H-pyrrole nitrogens is 1. The molecule has 4 atom stereocenters. The number of rotatable bonds is 14. The van der Waals surface area contributed by atoms with Crippen LogP contribution in [-0.4, -0.2) is 49.1 Å². The zero-order chi connectivity index (χ0) is 40.9. The van der Waals surface area contributed by atoms with E-state index in [0.29, 0.717) is 0 Å². The summed E-state index contributed by atoms with van der Waals surface area (Å²) in [6.45, 7) is -0.234. The molecule has 1 fully saturated rings. The maximum Gasteiger partial charge on any atom is 0.330 e. The van der Waals surface area contributed by atoms with Crippen LogP contribution in [0.5, 0.6) is 0 Å². The molecule has 1 aliphatic rings. The Hall–Kier alpha value is -6.21. The molecule has 1 aromatic heterocycles. The van der Waals surface area contributed by atoms with Gasteiger partial charge < -0.3 is 14.2 Å². The van der Waals surface area contributed by atoms with Crippen LogP contribution in [0, 0.1) is 0 Å². The Kier molecular flexibility index (Phi) is 11.4. The minimum atomic E-state index is -4.22.